The van der Waals surface area contributed by atoms with E-state index in [1.807, 2.05) is 9.80 Å². The summed E-state index contributed by atoms with van der Waals surface area (Å²) in [5.41, 5.74) is -1.13. The number of alkyl halides is 3. The number of hydrogen-bond donors (Lipinski definition) is 2. The van der Waals surface area contributed by atoms with Crippen LogP contribution >= 0.6 is 0 Å². The van der Waals surface area contributed by atoms with Crippen LogP contribution in [0, 0.1) is 5.41 Å². The molecule has 4 rings (SSSR count). The van der Waals surface area contributed by atoms with Crippen LogP contribution in [0.4, 0.5) is 19.0 Å². The Labute approximate surface area is 230 Å². The van der Waals surface area contributed by atoms with Crippen molar-refractivity contribution in [1.29, 1.82) is 0 Å². The molecule has 0 aromatic carbocycles. The summed E-state index contributed by atoms with van der Waals surface area (Å²) >= 11 is 0. The third kappa shape index (κ3) is 7.62. The number of halogens is 3. The van der Waals surface area contributed by atoms with Gasteiger partial charge in [-0.15, -0.1) is 0 Å². The number of nitrogens with zero attached hydrogens (tertiary/aromatic N) is 3. The zero-order chi connectivity index (χ0) is 28.0. The first-order chi connectivity index (χ1) is 18.6. The molecule has 2 aliphatic heterocycles. The van der Waals surface area contributed by atoms with Crippen molar-refractivity contribution in [2.24, 2.45) is 5.41 Å². The predicted octanol–water partition coefficient (Wildman–Crippen LogP) is 3.46. The monoisotopic (exact) mass is 555 g/mol. The molecule has 0 unspecified atom stereocenters. The van der Waals surface area contributed by atoms with Crippen molar-refractivity contribution in [2.75, 3.05) is 57.9 Å². The summed E-state index contributed by atoms with van der Waals surface area (Å²) in [6, 6.07) is 2.93. The molecular weight excluding hydrogens is 511 g/mol. The number of anilines is 1. The lowest BCUT2D eigenvalue weighted by Gasteiger charge is -2.41. The second kappa shape index (κ2) is 13.1. The Morgan fingerprint density at radius 2 is 2.03 bits per heavy atom. The number of rotatable bonds is 10. The Bertz CT molecular complexity index is 941. The summed E-state index contributed by atoms with van der Waals surface area (Å²) in [6.45, 7) is 8.28. The van der Waals surface area contributed by atoms with Gasteiger partial charge in [-0.25, -0.2) is 4.98 Å². The summed E-state index contributed by atoms with van der Waals surface area (Å²) in [6.07, 6.45) is 1.99. The molecule has 2 N–H and O–H groups in total. The van der Waals surface area contributed by atoms with Gasteiger partial charge in [0.15, 0.2) is 0 Å². The van der Waals surface area contributed by atoms with Crippen molar-refractivity contribution < 1.29 is 27.4 Å². The molecule has 3 aliphatic rings. The van der Waals surface area contributed by atoms with E-state index in [1.54, 1.807) is 7.11 Å². The molecule has 1 aliphatic carbocycles. The second-order valence-corrected chi connectivity index (χ2v) is 11.5. The zero-order valence-corrected chi connectivity index (χ0v) is 23.4. The van der Waals surface area contributed by atoms with Crippen molar-refractivity contribution in [3.8, 4) is 0 Å². The molecule has 2 saturated heterocycles. The number of nitrogens with one attached hydrogen (secondary N) is 2. The van der Waals surface area contributed by atoms with Crippen molar-refractivity contribution in [1.82, 2.24) is 20.5 Å². The van der Waals surface area contributed by atoms with E-state index >= 15 is 0 Å². The summed E-state index contributed by atoms with van der Waals surface area (Å²) in [7, 11) is 1.72. The van der Waals surface area contributed by atoms with Gasteiger partial charge in [-0.2, -0.15) is 13.2 Å². The number of hydrogen-bond acceptors (Lipinski definition) is 7. The lowest BCUT2D eigenvalue weighted by atomic mass is 9.79. The smallest absolute Gasteiger partial charge is 0.379 e. The minimum atomic E-state index is -4.41. The maximum Gasteiger partial charge on any atom is 0.416 e. The lowest BCUT2D eigenvalue weighted by molar-refractivity contribution is -0.143. The van der Waals surface area contributed by atoms with Crippen LogP contribution in [0.2, 0.25) is 0 Å². The van der Waals surface area contributed by atoms with Crippen molar-refractivity contribution in [2.45, 2.75) is 82.8 Å². The van der Waals surface area contributed by atoms with Crippen LogP contribution in [0.25, 0.3) is 0 Å². The number of carbonyl (C=O) groups is 1. The molecule has 3 heterocycles. The van der Waals surface area contributed by atoms with E-state index in [0.717, 1.165) is 57.2 Å². The Kier molecular flexibility index (Phi) is 10.1. The Balaban J connectivity index is 1.40. The SMILES string of the molecule is CO[C@@H]1COCC[C@@H]1N[C@@H]1CC[C@](CCCNC(C)C)(C(=O)N2CCN(c3cc(C(F)(F)F)ccn3)CC2)C1. The Morgan fingerprint density at radius 3 is 2.72 bits per heavy atom. The number of ether oxygens (including phenoxy) is 2. The molecule has 1 saturated carbocycles. The largest absolute Gasteiger partial charge is 0.416 e. The van der Waals surface area contributed by atoms with Crippen LogP contribution in [0.3, 0.4) is 0 Å². The van der Waals surface area contributed by atoms with Gasteiger partial charge in [0.2, 0.25) is 5.91 Å². The Hall–Kier alpha value is -1.95. The number of pyridine rings is 1. The van der Waals surface area contributed by atoms with Crippen LogP contribution in [0.5, 0.6) is 0 Å². The van der Waals surface area contributed by atoms with E-state index in [2.05, 4.69) is 29.5 Å². The molecule has 0 bridgehead atoms. The minimum absolute atomic E-state index is 0.0113. The van der Waals surface area contributed by atoms with E-state index in [4.69, 9.17) is 9.47 Å². The average molecular weight is 556 g/mol. The first kappa shape index (κ1) is 30.0. The summed E-state index contributed by atoms with van der Waals surface area (Å²) < 4.78 is 50.8. The van der Waals surface area contributed by atoms with Gasteiger partial charge in [0, 0.05) is 64.2 Å². The predicted molar refractivity (Wildman–Crippen MR) is 144 cm³/mol. The molecule has 3 fully saturated rings. The fourth-order valence-corrected chi connectivity index (χ4v) is 6.29. The molecule has 1 amide bonds. The number of piperazine rings is 1. The molecular formula is C28H44F3N5O3. The van der Waals surface area contributed by atoms with E-state index in [1.165, 1.54) is 6.20 Å². The second-order valence-electron chi connectivity index (χ2n) is 11.5. The fourth-order valence-electron chi connectivity index (χ4n) is 6.29. The molecule has 8 nitrogen and oxygen atoms in total. The van der Waals surface area contributed by atoms with Gasteiger partial charge in [-0.3, -0.25) is 4.79 Å². The molecule has 0 radical (unpaired) electrons. The lowest BCUT2D eigenvalue weighted by Crippen LogP contribution is -2.54. The normalized spacial score (nSPS) is 28.3. The molecule has 220 valence electrons. The third-order valence-corrected chi connectivity index (χ3v) is 8.47. The first-order valence-corrected chi connectivity index (χ1v) is 14.3. The number of carbonyl (C=O) groups excluding carboxylic acids is 1. The average Bonchev–Trinajstić information content (AvgIpc) is 3.34. The summed E-state index contributed by atoms with van der Waals surface area (Å²) in [5.74, 6) is 0.490. The molecule has 1 aromatic rings. The van der Waals surface area contributed by atoms with Crippen molar-refractivity contribution in [3.63, 3.8) is 0 Å². The number of amides is 1. The van der Waals surface area contributed by atoms with Crippen molar-refractivity contribution >= 4 is 11.7 Å². The topological polar surface area (TPSA) is 79.0 Å². The third-order valence-electron chi connectivity index (χ3n) is 8.47. The van der Waals surface area contributed by atoms with Gasteiger partial charge < -0.3 is 29.9 Å². The highest BCUT2D eigenvalue weighted by Gasteiger charge is 2.47. The quantitative estimate of drug-likeness (QED) is 0.428. The highest BCUT2D eigenvalue weighted by atomic mass is 19.4. The maximum atomic E-state index is 14.1. The van der Waals surface area contributed by atoms with Gasteiger partial charge >= 0.3 is 6.18 Å². The minimum Gasteiger partial charge on any atom is -0.379 e. The van der Waals surface area contributed by atoms with E-state index in [0.29, 0.717) is 51.3 Å². The molecule has 39 heavy (non-hydrogen) atoms. The molecule has 11 heteroatoms. The van der Waals surface area contributed by atoms with Crippen molar-refractivity contribution in [3.05, 3.63) is 23.9 Å². The van der Waals surface area contributed by atoms with Crippen LogP contribution in [-0.2, 0) is 20.4 Å². The summed E-state index contributed by atoms with van der Waals surface area (Å²) in [5, 5.41) is 7.26. The standard InChI is InChI=1S/C28H44F3N5O3/c1-20(2)32-10-4-8-27(9-5-22(18-27)34-23-7-16-39-19-24(23)38-3)26(37)36-14-12-35(13-15-36)25-17-21(6-11-33-25)28(29,30)31/h6,11,17,20,22-24,32,34H,4-5,7-10,12-16,18-19H2,1-3H3/t22-,23+,24-,27+/m1/s1. The highest BCUT2D eigenvalue weighted by molar-refractivity contribution is 5.83. The van der Waals surface area contributed by atoms with Crippen LogP contribution in [0.1, 0.15) is 57.9 Å². The van der Waals surface area contributed by atoms with E-state index < -0.39 is 17.2 Å². The van der Waals surface area contributed by atoms with E-state index in [-0.39, 0.29) is 24.1 Å². The maximum absolute atomic E-state index is 14.1. The zero-order valence-electron chi connectivity index (χ0n) is 23.4. The fraction of sp³-hybridized carbons (Fsp3) is 0.786. The van der Waals surface area contributed by atoms with Gasteiger partial charge in [0.25, 0.3) is 0 Å². The van der Waals surface area contributed by atoms with Crippen LogP contribution in [-0.4, -0.2) is 93.1 Å². The number of methoxy groups -OCH3 is 1. The molecule has 1 aromatic heterocycles. The number of aromatic nitrogens is 1. The molecule has 0 spiro atoms. The van der Waals surface area contributed by atoms with Gasteiger partial charge in [-0.05, 0) is 57.2 Å². The van der Waals surface area contributed by atoms with Gasteiger partial charge in [0.1, 0.15) is 5.82 Å². The highest BCUT2D eigenvalue weighted by Crippen LogP contribution is 2.44. The Morgan fingerprint density at radius 1 is 1.26 bits per heavy atom. The summed E-state index contributed by atoms with van der Waals surface area (Å²) in [4.78, 5) is 22.0. The van der Waals surface area contributed by atoms with Crippen LogP contribution < -0.4 is 15.5 Å². The first-order valence-electron chi connectivity index (χ1n) is 14.3. The van der Waals surface area contributed by atoms with E-state index in [9.17, 15) is 18.0 Å². The van der Waals surface area contributed by atoms with Gasteiger partial charge in [-0.1, -0.05) is 13.8 Å². The van der Waals surface area contributed by atoms with Gasteiger partial charge in [0.05, 0.1) is 23.7 Å². The molecule has 4 atom stereocenters. The van der Waals surface area contributed by atoms with Crippen LogP contribution in [0.15, 0.2) is 18.3 Å².